The summed E-state index contributed by atoms with van der Waals surface area (Å²) in [5, 5.41) is 0. The van der Waals surface area contributed by atoms with Gasteiger partial charge in [-0.2, -0.15) is 0 Å². The summed E-state index contributed by atoms with van der Waals surface area (Å²) < 4.78 is 16.1. The third kappa shape index (κ3) is 2.35. The van der Waals surface area contributed by atoms with Crippen LogP contribution in [-0.4, -0.2) is 17.3 Å². The van der Waals surface area contributed by atoms with Crippen LogP contribution in [0.15, 0.2) is 42.5 Å². The Labute approximate surface area is 132 Å². The molecule has 0 N–H and O–H groups in total. The van der Waals surface area contributed by atoms with Crippen LogP contribution in [0.5, 0.6) is 0 Å². The molecule has 0 saturated carbocycles. The molecule has 2 heteroatoms. The number of halogens is 1. The maximum atomic E-state index is 13.8. The van der Waals surface area contributed by atoms with Crippen molar-refractivity contribution in [3.8, 4) is 0 Å². The van der Waals surface area contributed by atoms with Gasteiger partial charge in [-0.1, -0.05) is 37.6 Å². The molecule has 1 aromatic rings. The van der Waals surface area contributed by atoms with Crippen molar-refractivity contribution in [3.63, 3.8) is 0 Å². The molecule has 1 atom stereocenters. The summed E-state index contributed by atoms with van der Waals surface area (Å²) >= 11 is 0. The van der Waals surface area contributed by atoms with Gasteiger partial charge in [0.15, 0.2) is 5.71 Å². The number of hydrogen-bond donors (Lipinski definition) is 0. The summed E-state index contributed by atoms with van der Waals surface area (Å²) in [6.07, 6.45) is 13.2. The minimum atomic E-state index is -0.124. The van der Waals surface area contributed by atoms with Gasteiger partial charge >= 0.3 is 0 Å². The van der Waals surface area contributed by atoms with E-state index in [-0.39, 0.29) is 11.2 Å². The van der Waals surface area contributed by atoms with Crippen LogP contribution in [0.25, 0.3) is 0 Å². The zero-order valence-corrected chi connectivity index (χ0v) is 13.8. The maximum absolute atomic E-state index is 13.8. The van der Waals surface area contributed by atoms with Gasteiger partial charge in [0.1, 0.15) is 12.9 Å². The summed E-state index contributed by atoms with van der Waals surface area (Å²) in [6, 6.07) is 5.25. The van der Waals surface area contributed by atoms with Crippen LogP contribution in [0.4, 0.5) is 10.1 Å². The molecule has 3 rings (SSSR count). The van der Waals surface area contributed by atoms with Crippen LogP contribution in [0.3, 0.4) is 0 Å². The van der Waals surface area contributed by atoms with Gasteiger partial charge in [-0.25, -0.2) is 8.97 Å². The van der Waals surface area contributed by atoms with E-state index in [1.165, 1.54) is 23.4 Å². The van der Waals surface area contributed by atoms with Crippen molar-refractivity contribution >= 4 is 11.4 Å². The number of hydrogen-bond acceptors (Lipinski definition) is 0. The Balaban J connectivity index is 1.86. The highest BCUT2D eigenvalue weighted by molar-refractivity contribution is 5.94. The largest absolute Gasteiger partial charge is 0.209 e. The van der Waals surface area contributed by atoms with Crippen molar-refractivity contribution in [2.75, 3.05) is 7.05 Å². The molecule has 0 bridgehead atoms. The van der Waals surface area contributed by atoms with Gasteiger partial charge in [0, 0.05) is 18.6 Å². The molecule has 22 heavy (non-hydrogen) atoms. The number of allylic oxidation sites excluding steroid dienone is 4. The van der Waals surface area contributed by atoms with Gasteiger partial charge in [-0.3, -0.25) is 0 Å². The van der Waals surface area contributed by atoms with E-state index in [0.29, 0.717) is 5.92 Å². The fourth-order valence-electron chi connectivity index (χ4n) is 4.13. The fraction of sp³-hybridized carbons (Fsp3) is 0.450. The van der Waals surface area contributed by atoms with Crippen molar-refractivity contribution in [1.82, 2.24) is 0 Å². The second-order valence-electron chi connectivity index (χ2n) is 6.57. The highest BCUT2D eigenvalue weighted by atomic mass is 19.1. The van der Waals surface area contributed by atoms with Crippen molar-refractivity contribution in [1.29, 1.82) is 0 Å². The smallest absolute Gasteiger partial charge is 0.207 e. The lowest BCUT2D eigenvalue weighted by molar-refractivity contribution is -0.403. The van der Waals surface area contributed by atoms with Crippen molar-refractivity contribution in [2.45, 2.75) is 44.9 Å². The molecule has 0 saturated heterocycles. The van der Waals surface area contributed by atoms with E-state index in [1.807, 2.05) is 6.07 Å². The maximum Gasteiger partial charge on any atom is 0.209 e. The Hall–Kier alpha value is -1.70. The van der Waals surface area contributed by atoms with E-state index in [1.54, 1.807) is 12.1 Å². The van der Waals surface area contributed by atoms with E-state index < -0.39 is 0 Å². The van der Waals surface area contributed by atoms with Gasteiger partial charge in [-0.05, 0) is 37.3 Å². The lowest BCUT2D eigenvalue weighted by Crippen LogP contribution is -2.32. The highest BCUT2D eigenvalue weighted by Gasteiger charge is 2.47. The molecule has 0 aromatic heterocycles. The molecule has 1 nitrogen and oxygen atoms in total. The summed E-state index contributed by atoms with van der Waals surface area (Å²) in [4.78, 5) is 0. The van der Waals surface area contributed by atoms with Crippen LogP contribution in [0, 0.1) is 11.7 Å². The topological polar surface area (TPSA) is 3.01 Å². The average molecular weight is 298 g/mol. The summed E-state index contributed by atoms with van der Waals surface area (Å²) in [7, 11) is 2.10. The van der Waals surface area contributed by atoms with Gasteiger partial charge in [0.2, 0.25) is 5.69 Å². The number of benzene rings is 1. The van der Waals surface area contributed by atoms with E-state index in [4.69, 9.17) is 0 Å². The predicted octanol–water partition coefficient (Wildman–Crippen LogP) is 5.13. The lowest BCUT2D eigenvalue weighted by atomic mass is 9.72. The normalized spacial score (nSPS) is 23.6. The number of fused-ring (bicyclic) bond motifs is 1. The van der Waals surface area contributed by atoms with E-state index >= 15 is 0 Å². The SMILES string of the molecule is CCC1(CCCC2C=CC=C2)C(C)=[N+](C)c2ccc(F)cc21. The van der Waals surface area contributed by atoms with Gasteiger partial charge in [0.25, 0.3) is 0 Å². The molecule has 1 heterocycles. The molecule has 0 spiro atoms. The van der Waals surface area contributed by atoms with E-state index in [9.17, 15) is 4.39 Å². The molecule has 0 radical (unpaired) electrons. The Morgan fingerprint density at radius 3 is 2.64 bits per heavy atom. The summed E-state index contributed by atoms with van der Waals surface area (Å²) in [5.41, 5.74) is 3.69. The first-order chi connectivity index (χ1) is 10.6. The van der Waals surface area contributed by atoms with Crippen LogP contribution >= 0.6 is 0 Å². The van der Waals surface area contributed by atoms with Crippen LogP contribution < -0.4 is 0 Å². The van der Waals surface area contributed by atoms with Crippen molar-refractivity contribution in [2.24, 2.45) is 5.92 Å². The second kappa shape index (κ2) is 5.83. The van der Waals surface area contributed by atoms with E-state index in [0.717, 1.165) is 19.3 Å². The first-order valence-electron chi connectivity index (χ1n) is 8.31. The molecular formula is C20H25FN+. The molecule has 2 aliphatic rings. The van der Waals surface area contributed by atoms with Gasteiger partial charge in [0.05, 0.1) is 5.41 Å². The molecule has 116 valence electrons. The predicted molar refractivity (Wildman–Crippen MR) is 90.5 cm³/mol. The monoisotopic (exact) mass is 298 g/mol. The molecular weight excluding hydrogens is 273 g/mol. The quantitative estimate of drug-likeness (QED) is 0.663. The number of rotatable bonds is 5. The molecule has 1 unspecified atom stereocenters. The molecule has 1 aromatic carbocycles. The Bertz CT molecular complexity index is 656. The zero-order valence-electron chi connectivity index (χ0n) is 13.8. The summed E-state index contributed by atoms with van der Waals surface area (Å²) in [5.74, 6) is 0.460. The van der Waals surface area contributed by atoms with Crippen LogP contribution in [0.1, 0.15) is 45.1 Å². The standard InChI is InChI=1S/C20H25FN/c1-4-20(13-7-10-16-8-5-6-9-16)15(2)22(3)19-12-11-17(21)14-18(19)20/h5-6,8-9,11-12,14,16H,4,7,10,13H2,1-3H3/q+1. The third-order valence-electron chi connectivity index (χ3n) is 5.60. The first kappa shape index (κ1) is 15.2. The van der Waals surface area contributed by atoms with Crippen molar-refractivity contribution < 1.29 is 8.97 Å². The first-order valence-corrected chi connectivity index (χ1v) is 8.31. The van der Waals surface area contributed by atoms with Crippen LogP contribution in [0.2, 0.25) is 0 Å². The average Bonchev–Trinajstić information content (AvgIpc) is 3.09. The lowest BCUT2D eigenvalue weighted by Gasteiger charge is -2.26. The fourth-order valence-corrected chi connectivity index (χ4v) is 4.13. The molecule has 1 aliphatic carbocycles. The number of nitrogens with zero attached hydrogens (tertiary/aromatic N) is 1. The van der Waals surface area contributed by atoms with E-state index in [2.05, 4.69) is 49.8 Å². The Morgan fingerprint density at radius 2 is 1.95 bits per heavy atom. The van der Waals surface area contributed by atoms with Crippen molar-refractivity contribution in [3.05, 3.63) is 53.9 Å². The van der Waals surface area contributed by atoms with Gasteiger partial charge < -0.3 is 0 Å². The highest BCUT2D eigenvalue weighted by Crippen LogP contribution is 2.45. The minimum absolute atomic E-state index is 0.00177. The third-order valence-corrected chi connectivity index (χ3v) is 5.60. The molecule has 1 aliphatic heterocycles. The minimum Gasteiger partial charge on any atom is -0.207 e. The van der Waals surface area contributed by atoms with Crippen LogP contribution in [-0.2, 0) is 5.41 Å². The molecule has 0 fully saturated rings. The van der Waals surface area contributed by atoms with Gasteiger partial charge in [-0.15, -0.1) is 0 Å². The summed E-state index contributed by atoms with van der Waals surface area (Å²) in [6.45, 7) is 4.43. The second-order valence-corrected chi connectivity index (χ2v) is 6.57. The molecule has 0 amide bonds. The Kier molecular flexibility index (Phi) is 4.03. The zero-order chi connectivity index (χ0) is 15.7. The Morgan fingerprint density at radius 1 is 1.23 bits per heavy atom.